The maximum atomic E-state index is 12.9. The monoisotopic (exact) mass is 346 g/mol. The number of phenolic OH excluding ortho intramolecular Hbond substituents is 1. The molecule has 0 unspecified atom stereocenters. The molecule has 26 heavy (non-hydrogen) atoms. The number of hydrogen-bond donors (Lipinski definition) is 1. The van der Waals surface area contributed by atoms with E-state index in [9.17, 15) is 9.90 Å². The number of carbonyl (C=O) groups excluding carboxylic acids is 1. The Hall–Kier alpha value is -3.34. The smallest absolute Gasteiger partial charge is 0.310 e. The molecule has 0 spiro atoms. The topological polar surface area (TPSA) is 66.0 Å². The van der Waals surface area contributed by atoms with Crippen LogP contribution in [0.4, 0.5) is 0 Å². The highest BCUT2D eigenvalue weighted by atomic mass is 16.3. The van der Waals surface area contributed by atoms with Crippen molar-refractivity contribution in [2.45, 2.75) is 19.4 Å². The molecule has 1 aliphatic rings. The number of amides is 1. The van der Waals surface area contributed by atoms with Gasteiger partial charge < -0.3 is 9.52 Å². The van der Waals surface area contributed by atoms with E-state index in [2.05, 4.69) is 5.10 Å². The number of aryl methyl sites for hydroxylation is 1. The van der Waals surface area contributed by atoms with E-state index in [0.717, 1.165) is 11.1 Å². The van der Waals surface area contributed by atoms with Gasteiger partial charge in [0.15, 0.2) is 5.76 Å². The van der Waals surface area contributed by atoms with Crippen molar-refractivity contribution >= 4 is 11.6 Å². The van der Waals surface area contributed by atoms with Gasteiger partial charge in [0.05, 0.1) is 18.0 Å². The predicted octanol–water partition coefficient (Wildman–Crippen LogP) is 4.29. The molecular formula is C21H18N2O3. The van der Waals surface area contributed by atoms with E-state index in [0.29, 0.717) is 17.7 Å². The molecule has 1 aliphatic heterocycles. The zero-order valence-electron chi connectivity index (χ0n) is 14.3. The Morgan fingerprint density at radius 1 is 1.12 bits per heavy atom. The Balaban J connectivity index is 1.75. The number of furan rings is 1. The Bertz CT molecular complexity index is 959. The number of benzene rings is 2. The van der Waals surface area contributed by atoms with E-state index >= 15 is 0 Å². The average molecular weight is 346 g/mol. The van der Waals surface area contributed by atoms with Crippen LogP contribution >= 0.6 is 0 Å². The van der Waals surface area contributed by atoms with Crippen LogP contribution in [0.2, 0.25) is 0 Å². The molecule has 5 heteroatoms. The fraction of sp³-hybridized carbons (Fsp3) is 0.143. The van der Waals surface area contributed by atoms with Gasteiger partial charge in [0.25, 0.3) is 0 Å². The lowest BCUT2D eigenvalue weighted by atomic mass is 9.97. The van der Waals surface area contributed by atoms with Crippen LogP contribution in [0, 0.1) is 6.92 Å². The second-order valence-electron chi connectivity index (χ2n) is 6.32. The third-order valence-electron chi connectivity index (χ3n) is 4.53. The summed E-state index contributed by atoms with van der Waals surface area (Å²) in [6.45, 7) is 2.02. The van der Waals surface area contributed by atoms with Crippen molar-refractivity contribution < 1.29 is 14.3 Å². The van der Waals surface area contributed by atoms with Gasteiger partial charge in [-0.2, -0.15) is 5.10 Å². The first kappa shape index (κ1) is 16.1. The highest BCUT2D eigenvalue weighted by Crippen LogP contribution is 2.35. The molecule has 2 heterocycles. The van der Waals surface area contributed by atoms with Gasteiger partial charge >= 0.3 is 5.91 Å². The number of phenols is 1. The molecule has 1 amide bonds. The number of carbonyl (C=O) groups is 1. The van der Waals surface area contributed by atoms with Crippen LogP contribution in [0.15, 0.2) is 76.4 Å². The second kappa shape index (κ2) is 6.52. The highest BCUT2D eigenvalue weighted by Gasteiger charge is 2.35. The molecular weight excluding hydrogens is 328 g/mol. The highest BCUT2D eigenvalue weighted by molar-refractivity contribution is 6.06. The lowest BCUT2D eigenvalue weighted by molar-refractivity contribution is 0.0678. The van der Waals surface area contributed by atoms with Crippen LogP contribution in [-0.4, -0.2) is 21.7 Å². The summed E-state index contributed by atoms with van der Waals surface area (Å²) in [7, 11) is 0. The van der Waals surface area contributed by atoms with Gasteiger partial charge in [0.2, 0.25) is 0 Å². The number of hydrazone groups is 1. The van der Waals surface area contributed by atoms with Gasteiger partial charge in [-0.1, -0.05) is 42.0 Å². The van der Waals surface area contributed by atoms with Crippen LogP contribution in [0.3, 0.4) is 0 Å². The SMILES string of the molecule is Cc1ccc([C@H]2CC(c3ccccc3O)=NN2C(=O)c2ccco2)cc1. The van der Waals surface area contributed by atoms with Crippen LogP contribution in [-0.2, 0) is 0 Å². The third-order valence-corrected chi connectivity index (χ3v) is 4.53. The Kier molecular flexibility index (Phi) is 4.05. The standard InChI is InChI=1S/C21H18N2O3/c1-14-8-10-15(11-9-14)18-13-17(16-5-2-3-6-19(16)24)22-23(18)21(25)20-7-4-12-26-20/h2-12,18,24H,13H2,1H3/t18-/m1/s1. The molecule has 2 aromatic carbocycles. The molecule has 3 aromatic rings. The number of hydrogen-bond acceptors (Lipinski definition) is 4. The summed E-state index contributed by atoms with van der Waals surface area (Å²) in [6, 6.07) is 18.1. The summed E-state index contributed by atoms with van der Waals surface area (Å²) in [5.74, 6) is 0.0941. The van der Waals surface area contributed by atoms with Gasteiger partial charge in [-0.15, -0.1) is 0 Å². The molecule has 130 valence electrons. The first-order valence-corrected chi connectivity index (χ1v) is 8.43. The van der Waals surface area contributed by atoms with Crippen LogP contribution in [0.1, 0.15) is 39.7 Å². The maximum absolute atomic E-state index is 12.9. The molecule has 1 atom stereocenters. The first-order chi connectivity index (χ1) is 12.6. The summed E-state index contributed by atoms with van der Waals surface area (Å²) in [6.07, 6.45) is 1.99. The minimum atomic E-state index is -0.300. The van der Waals surface area contributed by atoms with Crippen molar-refractivity contribution in [3.05, 3.63) is 89.4 Å². The molecule has 0 aliphatic carbocycles. The predicted molar refractivity (Wildman–Crippen MR) is 98.1 cm³/mol. The molecule has 0 radical (unpaired) electrons. The summed E-state index contributed by atoms with van der Waals surface area (Å²) in [5, 5.41) is 16.2. The summed E-state index contributed by atoms with van der Waals surface area (Å²) in [4.78, 5) is 12.9. The van der Waals surface area contributed by atoms with Crippen molar-refractivity contribution in [3.63, 3.8) is 0 Å². The quantitative estimate of drug-likeness (QED) is 0.769. The molecule has 4 rings (SSSR count). The summed E-state index contributed by atoms with van der Waals surface area (Å²) < 4.78 is 5.27. The zero-order chi connectivity index (χ0) is 18.1. The Morgan fingerprint density at radius 3 is 2.58 bits per heavy atom. The number of para-hydroxylation sites is 1. The van der Waals surface area contributed by atoms with E-state index < -0.39 is 0 Å². The van der Waals surface area contributed by atoms with E-state index in [4.69, 9.17) is 4.42 Å². The number of aromatic hydroxyl groups is 1. The zero-order valence-corrected chi connectivity index (χ0v) is 14.3. The van der Waals surface area contributed by atoms with Gasteiger partial charge in [0.1, 0.15) is 5.75 Å². The minimum absolute atomic E-state index is 0.154. The fourth-order valence-electron chi connectivity index (χ4n) is 3.14. The van der Waals surface area contributed by atoms with Crippen molar-refractivity contribution in [3.8, 4) is 5.75 Å². The van der Waals surface area contributed by atoms with E-state index in [1.807, 2.05) is 37.3 Å². The molecule has 0 saturated carbocycles. The maximum Gasteiger partial charge on any atom is 0.310 e. The van der Waals surface area contributed by atoms with Crippen LogP contribution < -0.4 is 0 Å². The van der Waals surface area contributed by atoms with E-state index in [1.165, 1.54) is 11.3 Å². The van der Waals surface area contributed by atoms with Crippen LogP contribution in [0.5, 0.6) is 5.75 Å². The molecule has 0 fully saturated rings. The van der Waals surface area contributed by atoms with Crippen molar-refractivity contribution in [2.75, 3.05) is 0 Å². The van der Waals surface area contributed by atoms with E-state index in [-0.39, 0.29) is 23.5 Å². The lowest BCUT2D eigenvalue weighted by Gasteiger charge is -2.21. The summed E-state index contributed by atoms with van der Waals surface area (Å²) >= 11 is 0. The largest absolute Gasteiger partial charge is 0.507 e. The number of rotatable bonds is 3. The van der Waals surface area contributed by atoms with Crippen molar-refractivity contribution in [2.24, 2.45) is 5.10 Å². The second-order valence-corrected chi connectivity index (χ2v) is 6.32. The average Bonchev–Trinajstić information content (AvgIpc) is 3.32. The van der Waals surface area contributed by atoms with Gasteiger partial charge in [-0.05, 0) is 36.8 Å². The van der Waals surface area contributed by atoms with Crippen LogP contribution in [0.25, 0.3) is 0 Å². The lowest BCUT2D eigenvalue weighted by Crippen LogP contribution is -2.26. The Morgan fingerprint density at radius 2 is 1.88 bits per heavy atom. The van der Waals surface area contributed by atoms with E-state index in [1.54, 1.807) is 30.3 Å². The summed E-state index contributed by atoms with van der Waals surface area (Å²) in [5.41, 5.74) is 3.45. The van der Waals surface area contributed by atoms with Crippen molar-refractivity contribution in [1.82, 2.24) is 5.01 Å². The minimum Gasteiger partial charge on any atom is -0.507 e. The van der Waals surface area contributed by atoms with Gasteiger partial charge in [-0.3, -0.25) is 4.79 Å². The molecule has 0 saturated heterocycles. The molecule has 1 N–H and O–H groups in total. The Labute approximate surface area is 151 Å². The number of nitrogens with zero attached hydrogens (tertiary/aromatic N) is 2. The molecule has 5 nitrogen and oxygen atoms in total. The molecule has 0 bridgehead atoms. The van der Waals surface area contributed by atoms with Gasteiger partial charge in [0, 0.05) is 12.0 Å². The van der Waals surface area contributed by atoms with Crippen molar-refractivity contribution in [1.29, 1.82) is 0 Å². The molecule has 1 aromatic heterocycles. The fourth-order valence-corrected chi connectivity index (χ4v) is 3.14. The first-order valence-electron chi connectivity index (χ1n) is 8.43. The van der Waals surface area contributed by atoms with Gasteiger partial charge in [-0.25, -0.2) is 5.01 Å². The third kappa shape index (κ3) is 2.88. The normalized spacial score (nSPS) is 16.6.